The topological polar surface area (TPSA) is 48.9 Å². The molecule has 1 aromatic heterocycles. The number of pyridine rings is 1. The Morgan fingerprint density at radius 2 is 1.76 bits per heavy atom. The highest BCUT2D eigenvalue weighted by Crippen LogP contribution is 2.32. The van der Waals surface area contributed by atoms with E-state index >= 15 is 0 Å². The van der Waals surface area contributed by atoms with E-state index in [1.54, 1.807) is 17.0 Å². The van der Waals surface area contributed by atoms with Crippen molar-refractivity contribution in [2.24, 2.45) is 0 Å². The molecule has 0 N–H and O–H groups in total. The first-order valence-electron chi connectivity index (χ1n) is 12.4. The van der Waals surface area contributed by atoms with E-state index in [0.29, 0.717) is 13.1 Å². The van der Waals surface area contributed by atoms with Gasteiger partial charge in [-0.3, -0.25) is 14.7 Å². The SMILES string of the molecule is Cc1cc(N2CCN(CCc3ccccn3)CC2)cc2c1C(=O)N(Cc1ccc(OC(F)(F)F)cc1)C2. The summed E-state index contributed by atoms with van der Waals surface area (Å²) in [6.07, 6.45) is -1.96. The average Bonchev–Trinajstić information content (AvgIpc) is 3.19. The van der Waals surface area contributed by atoms with E-state index in [1.165, 1.54) is 12.1 Å². The number of rotatable bonds is 7. The van der Waals surface area contributed by atoms with Crippen molar-refractivity contribution < 1.29 is 22.7 Å². The molecule has 5 rings (SSSR count). The Morgan fingerprint density at radius 3 is 2.43 bits per heavy atom. The normalized spacial score (nSPS) is 16.3. The number of anilines is 1. The number of amides is 1. The zero-order valence-electron chi connectivity index (χ0n) is 20.7. The van der Waals surface area contributed by atoms with Gasteiger partial charge in [-0.25, -0.2) is 0 Å². The molecule has 194 valence electrons. The Hall–Kier alpha value is -3.59. The summed E-state index contributed by atoms with van der Waals surface area (Å²) in [6, 6.07) is 15.9. The van der Waals surface area contributed by atoms with Gasteiger partial charge in [0, 0.05) is 75.4 Å². The van der Waals surface area contributed by atoms with Gasteiger partial charge in [-0.1, -0.05) is 18.2 Å². The largest absolute Gasteiger partial charge is 0.573 e. The molecule has 3 aromatic rings. The number of benzene rings is 2. The summed E-state index contributed by atoms with van der Waals surface area (Å²) in [7, 11) is 0. The predicted molar refractivity (Wildman–Crippen MR) is 134 cm³/mol. The van der Waals surface area contributed by atoms with E-state index in [9.17, 15) is 18.0 Å². The summed E-state index contributed by atoms with van der Waals surface area (Å²) in [5.41, 5.74) is 5.66. The third kappa shape index (κ3) is 6.05. The standard InChI is InChI=1S/C28H29F3N4O2/c1-20-16-24(34-14-12-33(13-15-34)11-9-23-4-2-3-10-32-23)17-22-19-35(27(36)26(20)22)18-21-5-7-25(8-6-21)37-28(29,30)31/h2-8,10,16-17H,9,11-15,18-19H2,1H3. The van der Waals surface area contributed by atoms with Crippen molar-refractivity contribution >= 4 is 11.6 Å². The van der Waals surface area contributed by atoms with Crippen LogP contribution in [0.1, 0.15) is 32.7 Å². The van der Waals surface area contributed by atoms with E-state index in [0.717, 1.165) is 72.8 Å². The summed E-state index contributed by atoms with van der Waals surface area (Å²) < 4.78 is 41.2. The first-order chi connectivity index (χ1) is 17.7. The highest BCUT2D eigenvalue weighted by molar-refractivity contribution is 6.00. The fourth-order valence-electron chi connectivity index (χ4n) is 5.08. The molecular weight excluding hydrogens is 481 g/mol. The zero-order valence-corrected chi connectivity index (χ0v) is 20.7. The molecule has 0 atom stereocenters. The van der Waals surface area contributed by atoms with Crippen LogP contribution in [0, 0.1) is 6.92 Å². The van der Waals surface area contributed by atoms with Gasteiger partial charge in [-0.15, -0.1) is 13.2 Å². The summed E-state index contributed by atoms with van der Waals surface area (Å²) >= 11 is 0. The number of fused-ring (bicyclic) bond motifs is 1. The summed E-state index contributed by atoms with van der Waals surface area (Å²) in [6.45, 7) is 7.55. The molecule has 0 bridgehead atoms. The van der Waals surface area contributed by atoms with Gasteiger partial charge < -0.3 is 14.5 Å². The molecule has 37 heavy (non-hydrogen) atoms. The van der Waals surface area contributed by atoms with E-state index in [1.807, 2.05) is 25.3 Å². The van der Waals surface area contributed by atoms with Gasteiger partial charge in [-0.2, -0.15) is 0 Å². The van der Waals surface area contributed by atoms with Crippen LogP contribution in [0.4, 0.5) is 18.9 Å². The number of alkyl halides is 3. The number of aromatic nitrogens is 1. The number of hydrogen-bond acceptors (Lipinski definition) is 5. The van der Waals surface area contributed by atoms with Crippen LogP contribution in [-0.2, 0) is 19.5 Å². The van der Waals surface area contributed by atoms with Crippen LogP contribution in [0.25, 0.3) is 0 Å². The number of nitrogens with zero attached hydrogens (tertiary/aromatic N) is 4. The Labute approximate surface area is 214 Å². The molecular formula is C28H29F3N4O2. The fraction of sp³-hybridized carbons (Fsp3) is 0.357. The number of piperazine rings is 1. The number of ether oxygens (including phenoxy) is 1. The lowest BCUT2D eigenvalue weighted by atomic mass is 10.0. The average molecular weight is 511 g/mol. The van der Waals surface area contributed by atoms with Crippen molar-refractivity contribution in [1.29, 1.82) is 0 Å². The molecule has 1 amide bonds. The molecule has 9 heteroatoms. The molecule has 1 saturated heterocycles. The number of carbonyl (C=O) groups is 1. The van der Waals surface area contributed by atoms with Gasteiger partial charge in [0.2, 0.25) is 0 Å². The lowest BCUT2D eigenvalue weighted by Crippen LogP contribution is -2.47. The Bertz CT molecular complexity index is 1240. The second-order valence-electron chi connectivity index (χ2n) is 9.55. The lowest BCUT2D eigenvalue weighted by Gasteiger charge is -2.36. The van der Waals surface area contributed by atoms with Crippen LogP contribution in [0.15, 0.2) is 60.8 Å². The number of hydrogen-bond donors (Lipinski definition) is 0. The van der Waals surface area contributed by atoms with Crippen molar-refractivity contribution in [3.63, 3.8) is 0 Å². The third-order valence-corrected chi connectivity index (χ3v) is 6.94. The zero-order chi connectivity index (χ0) is 26.0. The van der Waals surface area contributed by atoms with Gasteiger partial charge in [-0.05, 0) is 60.0 Å². The monoisotopic (exact) mass is 510 g/mol. The quantitative estimate of drug-likeness (QED) is 0.457. The van der Waals surface area contributed by atoms with Crippen LogP contribution in [-0.4, -0.2) is 59.8 Å². The first-order valence-corrected chi connectivity index (χ1v) is 12.4. The molecule has 0 unspecified atom stereocenters. The minimum absolute atomic E-state index is 0.0472. The highest BCUT2D eigenvalue weighted by atomic mass is 19.4. The first kappa shape index (κ1) is 25.1. The molecule has 3 heterocycles. The summed E-state index contributed by atoms with van der Waals surface area (Å²) in [5.74, 6) is -0.321. The second-order valence-corrected chi connectivity index (χ2v) is 9.55. The molecule has 2 aliphatic rings. The number of halogens is 3. The van der Waals surface area contributed by atoms with Gasteiger partial charge in [0.15, 0.2) is 0 Å². The molecule has 0 saturated carbocycles. The highest BCUT2D eigenvalue weighted by Gasteiger charge is 2.32. The van der Waals surface area contributed by atoms with E-state index in [2.05, 4.69) is 37.7 Å². The number of carbonyl (C=O) groups excluding carboxylic acids is 1. The minimum Gasteiger partial charge on any atom is -0.406 e. The van der Waals surface area contributed by atoms with Crippen molar-refractivity contribution in [3.8, 4) is 5.75 Å². The Morgan fingerprint density at radius 1 is 1.00 bits per heavy atom. The van der Waals surface area contributed by atoms with Crippen LogP contribution < -0.4 is 9.64 Å². The van der Waals surface area contributed by atoms with Crippen molar-refractivity contribution in [1.82, 2.24) is 14.8 Å². The summed E-state index contributed by atoms with van der Waals surface area (Å²) in [5, 5.41) is 0. The van der Waals surface area contributed by atoms with Crippen molar-refractivity contribution in [2.75, 3.05) is 37.6 Å². The van der Waals surface area contributed by atoms with Gasteiger partial charge in [0.05, 0.1) is 0 Å². The maximum atomic E-state index is 13.1. The summed E-state index contributed by atoms with van der Waals surface area (Å²) in [4.78, 5) is 24.1. The Kier molecular flexibility index (Phi) is 7.06. The molecule has 2 aliphatic heterocycles. The number of aryl methyl sites for hydroxylation is 1. The maximum Gasteiger partial charge on any atom is 0.573 e. The maximum absolute atomic E-state index is 13.1. The van der Waals surface area contributed by atoms with Crippen LogP contribution in [0.5, 0.6) is 5.75 Å². The Balaban J connectivity index is 1.19. The fourth-order valence-corrected chi connectivity index (χ4v) is 5.08. The lowest BCUT2D eigenvalue weighted by molar-refractivity contribution is -0.274. The molecule has 2 aromatic carbocycles. The molecule has 0 spiro atoms. The van der Waals surface area contributed by atoms with Crippen LogP contribution >= 0.6 is 0 Å². The van der Waals surface area contributed by atoms with Gasteiger partial charge in [0.1, 0.15) is 5.75 Å². The minimum atomic E-state index is -4.73. The van der Waals surface area contributed by atoms with Gasteiger partial charge >= 0.3 is 6.36 Å². The third-order valence-electron chi connectivity index (χ3n) is 6.94. The van der Waals surface area contributed by atoms with Crippen molar-refractivity contribution in [3.05, 3.63) is 88.7 Å². The van der Waals surface area contributed by atoms with E-state index < -0.39 is 6.36 Å². The van der Waals surface area contributed by atoms with E-state index in [4.69, 9.17) is 0 Å². The molecule has 6 nitrogen and oxygen atoms in total. The smallest absolute Gasteiger partial charge is 0.406 e. The van der Waals surface area contributed by atoms with E-state index in [-0.39, 0.29) is 11.7 Å². The van der Waals surface area contributed by atoms with Crippen LogP contribution in [0.3, 0.4) is 0 Å². The predicted octanol–water partition coefficient (Wildman–Crippen LogP) is 4.81. The van der Waals surface area contributed by atoms with Gasteiger partial charge in [0.25, 0.3) is 5.91 Å². The molecule has 0 radical (unpaired) electrons. The molecule has 1 fully saturated rings. The van der Waals surface area contributed by atoms with Crippen molar-refractivity contribution in [2.45, 2.75) is 32.8 Å². The second kappa shape index (κ2) is 10.4. The van der Waals surface area contributed by atoms with Crippen LogP contribution in [0.2, 0.25) is 0 Å². The molecule has 0 aliphatic carbocycles.